The van der Waals surface area contributed by atoms with Gasteiger partial charge in [0.05, 0.1) is 0 Å². The van der Waals surface area contributed by atoms with E-state index >= 15 is 0 Å². The van der Waals surface area contributed by atoms with Gasteiger partial charge in [-0.25, -0.2) is 9.78 Å². The van der Waals surface area contributed by atoms with Gasteiger partial charge in [0, 0.05) is 36.7 Å². The van der Waals surface area contributed by atoms with Crippen LogP contribution in [0.5, 0.6) is 0 Å². The van der Waals surface area contributed by atoms with E-state index in [0.29, 0.717) is 17.4 Å². The first-order valence-corrected chi connectivity index (χ1v) is 7.77. The van der Waals surface area contributed by atoms with Gasteiger partial charge in [0.2, 0.25) is 5.91 Å². The summed E-state index contributed by atoms with van der Waals surface area (Å²) in [7, 11) is 0. The van der Waals surface area contributed by atoms with Gasteiger partial charge in [-0.1, -0.05) is 0 Å². The van der Waals surface area contributed by atoms with Gasteiger partial charge in [-0.3, -0.25) is 4.79 Å². The van der Waals surface area contributed by atoms with Gasteiger partial charge in [0.25, 0.3) is 0 Å². The molecule has 1 amide bonds. The smallest absolute Gasteiger partial charge is 0.339 e. The van der Waals surface area contributed by atoms with Crippen molar-refractivity contribution in [2.75, 3.05) is 25.0 Å². The molecular weight excluding hydrogens is 338 g/mol. The fourth-order valence-electron chi connectivity index (χ4n) is 2.33. The summed E-state index contributed by atoms with van der Waals surface area (Å²) in [6.45, 7) is 2.04. The molecule has 2 N–H and O–H groups in total. The summed E-state index contributed by atoms with van der Waals surface area (Å²) in [4.78, 5) is 29.1. The van der Waals surface area contributed by atoms with Gasteiger partial charge in [-0.05, 0) is 41.3 Å². The number of nitrogens with zero attached hydrogens (tertiary/aromatic N) is 2. The lowest BCUT2D eigenvalue weighted by Gasteiger charge is -2.26. The van der Waals surface area contributed by atoms with E-state index < -0.39 is 5.97 Å². The standard InChI is InChI=1S/C14H18BrN3O3/c15-10-8-11(14(20)21)13(17-9-10)16-5-4-12(19)18-6-2-1-3-7-18/h8-9H,1-7H2,(H,16,17)(H,20,21). The van der Waals surface area contributed by atoms with E-state index in [9.17, 15) is 9.59 Å². The Labute approximate surface area is 131 Å². The molecule has 0 aromatic carbocycles. The summed E-state index contributed by atoms with van der Waals surface area (Å²) in [6, 6.07) is 1.49. The van der Waals surface area contributed by atoms with Crippen LogP contribution < -0.4 is 5.32 Å². The average molecular weight is 356 g/mol. The topological polar surface area (TPSA) is 82.5 Å². The Balaban J connectivity index is 1.88. The van der Waals surface area contributed by atoms with Crippen LogP contribution in [0.25, 0.3) is 0 Å². The van der Waals surface area contributed by atoms with Crippen molar-refractivity contribution in [1.29, 1.82) is 0 Å². The number of piperidine rings is 1. The van der Waals surface area contributed by atoms with Crippen LogP contribution >= 0.6 is 15.9 Å². The van der Waals surface area contributed by atoms with Crippen LogP contribution in [-0.2, 0) is 4.79 Å². The Morgan fingerprint density at radius 3 is 2.71 bits per heavy atom. The van der Waals surface area contributed by atoms with Crippen molar-refractivity contribution in [2.45, 2.75) is 25.7 Å². The summed E-state index contributed by atoms with van der Waals surface area (Å²) < 4.78 is 0.606. The number of hydrogen-bond donors (Lipinski definition) is 2. The summed E-state index contributed by atoms with van der Waals surface area (Å²) in [5.74, 6) is -0.651. The van der Waals surface area contributed by atoms with E-state index in [4.69, 9.17) is 5.11 Å². The zero-order chi connectivity index (χ0) is 15.2. The van der Waals surface area contributed by atoms with Crippen molar-refractivity contribution in [1.82, 2.24) is 9.88 Å². The summed E-state index contributed by atoms with van der Waals surface area (Å²) in [5.41, 5.74) is 0.0924. The van der Waals surface area contributed by atoms with E-state index in [-0.39, 0.29) is 17.3 Å². The summed E-state index contributed by atoms with van der Waals surface area (Å²) >= 11 is 3.19. The summed E-state index contributed by atoms with van der Waals surface area (Å²) in [6.07, 6.45) is 5.19. The maximum absolute atomic E-state index is 12.0. The largest absolute Gasteiger partial charge is 0.478 e. The van der Waals surface area contributed by atoms with Crippen LogP contribution in [0.2, 0.25) is 0 Å². The number of aromatic carboxylic acids is 1. The highest BCUT2D eigenvalue weighted by atomic mass is 79.9. The lowest BCUT2D eigenvalue weighted by Crippen LogP contribution is -2.36. The van der Waals surface area contributed by atoms with Crippen molar-refractivity contribution >= 4 is 33.6 Å². The number of aromatic nitrogens is 1. The zero-order valence-corrected chi connectivity index (χ0v) is 13.2. The van der Waals surface area contributed by atoms with Gasteiger partial charge < -0.3 is 15.3 Å². The number of carboxylic acid groups (broad SMARTS) is 1. The quantitative estimate of drug-likeness (QED) is 0.846. The number of likely N-dealkylation sites (tertiary alicyclic amines) is 1. The molecule has 114 valence electrons. The number of pyridine rings is 1. The number of carbonyl (C=O) groups excluding carboxylic acids is 1. The maximum Gasteiger partial charge on any atom is 0.339 e. The maximum atomic E-state index is 12.0. The third kappa shape index (κ3) is 4.42. The van der Waals surface area contributed by atoms with E-state index in [1.807, 2.05) is 4.90 Å². The van der Waals surface area contributed by atoms with E-state index in [2.05, 4.69) is 26.2 Å². The Bertz CT molecular complexity index is 530. The highest BCUT2D eigenvalue weighted by Crippen LogP contribution is 2.18. The Hall–Kier alpha value is -1.63. The third-order valence-corrected chi connectivity index (χ3v) is 3.86. The van der Waals surface area contributed by atoms with Crippen molar-refractivity contribution in [2.24, 2.45) is 0 Å². The SMILES string of the molecule is O=C(O)c1cc(Br)cnc1NCCC(=O)N1CCCCC1. The van der Waals surface area contributed by atoms with E-state index in [1.54, 1.807) is 0 Å². The van der Waals surface area contributed by atoms with E-state index in [1.165, 1.54) is 18.7 Å². The predicted octanol–water partition coefficient (Wildman–Crippen LogP) is 2.36. The fraction of sp³-hybridized carbons (Fsp3) is 0.500. The van der Waals surface area contributed by atoms with Crippen molar-refractivity contribution < 1.29 is 14.7 Å². The number of carboxylic acids is 1. The normalized spacial score (nSPS) is 14.8. The zero-order valence-electron chi connectivity index (χ0n) is 11.6. The first kappa shape index (κ1) is 15.8. The molecule has 21 heavy (non-hydrogen) atoms. The monoisotopic (exact) mass is 355 g/mol. The molecule has 1 aliphatic rings. The molecule has 0 unspecified atom stereocenters. The first-order valence-electron chi connectivity index (χ1n) is 6.98. The number of amides is 1. The van der Waals surface area contributed by atoms with Crippen molar-refractivity contribution in [3.63, 3.8) is 0 Å². The molecule has 0 bridgehead atoms. The average Bonchev–Trinajstić information content (AvgIpc) is 2.49. The molecule has 0 spiro atoms. The fourth-order valence-corrected chi connectivity index (χ4v) is 2.66. The molecule has 7 heteroatoms. The minimum absolute atomic E-state index is 0.0924. The van der Waals surface area contributed by atoms with Crippen LogP contribution in [0.15, 0.2) is 16.7 Å². The summed E-state index contributed by atoms with van der Waals surface area (Å²) in [5, 5.41) is 12.1. The molecule has 1 aromatic heterocycles. The van der Waals surface area contributed by atoms with Gasteiger partial charge in [0.15, 0.2) is 0 Å². The van der Waals surface area contributed by atoms with Crippen LogP contribution in [-0.4, -0.2) is 46.5 Å². The number of hydrogen-bond acceptors (Lipinski definition) is 4. The lowest BCUT2D eigenvalue weighted by atomic mass is 10.1. The van der Waals surface area contributed by atoms with Crippen LogP contribution in [0.1, 0.15) is 36.0 Å². The minimum Gasteiger partial charge on any atom is -0.478 e. The van der Waals surface area contributed by atoms with Crippen LogP contribution in [0.3, 0.4) is 0 Å². The molecule has 1 aromatic rings. The number of carbonyl (C=O) groups is 2. The Morgan fingerprint density at radius 1 is 1.33 bits per heavy atom. The van der Waals surface area contributed by atoms with E-state index in [0.717, 1.165) is 25.9 Å². The second-order valence-electron chi connectivity index (χ2n) is 4.97. The van der Waals surface area contributed by atoms with Crippen LogP contribution in [0.4, 0.5) is 5.82 Å². The lowest BCUT2D eigenvalue weighted by molar-refractivity contribution is -0.131. The highest BCUT2D eigenvalue weighted by molar-refractivity contribution is 9.10. The second kappa shape index (κ2) is 7.40. The van der Waals surface area contributed by atoms with Crippen LogP contribution in [0, 0.1) is 0 Å². The molecule has 0 radical (unpaired) electrons. The number of rotatable bonds is 5. The van der Waals surface area contributed by atoms with Gasteiger partial charge in [-0.2, -0.15) is 0 Å². The van der Waals surface area contributed by atoms with Crippen molar-refractivity contribution in [3.05, 3.63) is 22.3 Å². The molecule has 1 saturated heterocycles. The molecule has 2 heterocycles. The molecule has 1 fully saturated rings. The second-order valence-corrected chi connectivity index (χ2v) is 5.89. The predicted molar refractivity (Wildman–Crippen MR) is 82.4 cm³/mol. The molecular formula is C14H18BrN3O3. The van der Waals surface area contributed by atoms with Gasteiger partial charge >= 0.3 is 5.97 Å². The molecule has 1 aliphatic heterocycles. The third-order valence-electron chi connectivity index (χ3n) is 3.42. The Morgan fingerprint density at radius 2 is 2.05 bits per heavy atom. The highest BCUT2D eigenvalue weighted by Gasteiger charge is 2.17. The molecule has 0 aliphatic carbocycles. The van der Waals surface area contributed by atoms with Gasteiger partial charge in [-0.15, -0.1) is 0 Å². The first-order chi connectivity index (χ1) is 10.1. The number of halogens is 1. The molecule has 6 nitrogen and oxygen atoms in total. The minimum atomic E-state index is -1.05. The molecule has 0 saturated carbocycles. The number of anilines is 1. The Kier molecular flexibility index (Phi) is 5.55. The molecule has 2 rings (SSSR count). The molecule has 0 atom stereocenters. The van der Waals surface area contributed by atoms with Gasteiger partial charge in [0.1, 0.15) is 11.4 Å². The van der Waals surface area contributed by atoms with Crippen molar-refractivity contribution in [3.8, 4) is 0 Å². The number of nitrogens with one attached hydrogen (secondary N) is 1.